The summed E-state index contributed by atoms with van der Waals surface area (Å²) in [5.74, 6) is -0.665. The number of ether oxygens (including phenoxy) is 2. The molecule has 0 aliphatic heterocycles. The second-order valence-electron chi connectivity index (χ2n) is 12.7. The van der Waals surface area contributed by atoms with E-state index in [0.29, 0.717) is 24.3 Å². The van der Waals surface area contributed by atoms with Gasteiger partial charge in [0.05, 0.1) is 13.0 Å². The van der Waals surface area contributed by atoms with Gasteiger partial charge in [0.2, 0.25) is 11.8 Å². The summed E-state index contributed by atoms with van der Waals surface area (Å²) < 4.78 is 10.5. The van der Waals surface area contributed by atoms with Crippen LogP contribution in [0.1, 0.15) is 112 Å². The molecular formula is C33H55N3O6. The van der Waals surface area contributed by atoms with Crippen molar-refractivity contribution in [3.63, 3.8) is 0 Å². The van der Waals surface area contributed by atoms with Gasteiger partial charge in [-0.2, -0.15) is 0 Å². The molecule has 0 aliphatic carbocycles. The van der Waals surface area contributed by atoms with Crippen molar-refractivity contribution in [3.8, 4) is 0 Å². The van der Waals surface area contributed by atoms with Crippen molar-refractivity contribution in [2.45, 2.75) is 125 Å². The van der Waals surface area contributed by atoms with Crippen molar-refractivity contribution in [2.75, 3.05) is 13.2 Å². The minimum Gasteiger partial charge on any atom is -0.466 e. The normalized spacial score (nSPS) is 13.7. The molecule has 1 aromatic carbocycles. The monoisotopic (exact) mass is 589 g/mol. The molecule has 0 aliphatic rings. The Morgan fingerprint density at radius 2 is 1.52 bits per heavy atom. The molecule has 0 saturated carbocycles. The molecule has 238 valence electrons. The average Bonchev–Trinajstić information content (AvgIpc) is 2.88. The third-order valence-corrected chi connectivity index (χ3v) is 6.75. The molecule has 9 nitrogen and oxygen atoms in total. The highest BCUT2D eigenvalue weighted by Gasteiger charge is 2.39. The van der Waals surface area contributed by atoms with Gasteiger partial charge in [-0.15, -0.1) is 0 Å². The predicted octanol–water partition coefficient (Wildman–Crippen LogP) is 5.95. The number of benzene rings is 1. The standard InChI is InChI=1S/C33H55N3O6/c1-11-25-15-17-26(18-16-25)29(30(38)34-20-19-28(37)41-12-2)36(24(7)14-13-22(3)4)31(39)27(21-23(5)6)35-32(40)42-33(8,9)10/h15-18,22-24,27,29H,11-14,19-21H2,1-10H3,(H,34,38)(H,35,40). The Kier molecular flexibility index (Phi) is 15.6. The van der Waals surface area contributed by atoms with Gasteiger partial charge in [0.25, 0.3) is 0 Å². The fourth-order valence-corrected chi connectivity index (χ4v) is 4.63. The summed E-state index contributed by atoms with van der Waals surface area (Å²) in [7, 11) is 0. The lowest BCUT2D eigenvalue weighted by atomic mass is 9.94. The molecule has 9 heteroatoms. The van der Waals surface area contributed by atoms with Crippen LogP contribution in [0.2, 0.25) is 0 Å². The van der Waals surface area contributed by atoms with Gasteiger partial charge in [-0.25, -0.2) is 4.79 Å². The number of hydrogen-bond donors (Lipinski definition) is 2. The maximum Gasteiger partial charge on any atom is 0.408 e. The SMILES string of the molecule is CCOC(=O)CCNC(=O)C(c1ccc(CC)cc1)N(C(=O)C(CC(C)C)NC(=O)OC(C)(C)C)C(C)CCC(C)C. The van der Waals surface area contributed by atoms with Crippen molar-refractivity contribution >= 4 is 23.9 Å². The van der Waals surface area contributed by atoms with Crippen LogP contribution in [0.3, 0.4) is 0 Å². The quantitative estimate of drug-likeness (QED) is 0.230. The molecule has 3 unspecified atom stereocenters. The molecule has 0 fully saturated rings. The maximum atomic E-state index is 14.5. The third-order valence-electron chi connectivity index (χ3n) is 6.75. The summed E-state index contributed by atoms with van der Waals surface area (Å²) >= 11 is 0. The van der Waals surface area contributed by atoms with Crippen LogP contribution in [-0.4, -0.2) is 59.6 Å². The van der Waals surface area contributed by atoms with E-state index in [1.54, 1.807) is 32.6 Å². The molecular weight excluding hydrogens is 534 g/mol. The van der Waals surface area contributed by atoms with E-state index in [2.05, 4.69) is 31.4 Å². The third kappa shape index (κ3) is 13.3. The molecule has 0 saturated heterocycles. The van der Waals surface area contributed by atoms with Crippen LogP contribution in [0.4, 0.5) is 4.79 Å². The lowest BCUT2D eigenvalue weighted by Crippen LogP contribution is -2.56. The first kappa shape index (κ1) is 36.9. The van der Waals surface area contributed by atoms with E-state index in [9.17, 15) is 19.2 Å². The molecule has 0 radical (unpaired) electrons. The summed E-state index contributed by atoms with van der Waals surface area (Å²) in [4.78, 5) is 54.8. The summed E-state index contributed by atoms with van der Waals surface area (Å²) in [6.45, 7) is 19.6. The Morgan fingerprint density at radius 1 is 0.905 bits per heavy atom. The number of carbonyl (C=O) groups is 4. The largest absolute Gasteiger partial charge is 0.466 e. The second-order valence-corrected chi connectivity index (χ2v) is 12.7. The Morgan fingerprint density at radius 3 is 2.02 bits per heavy atom. The Hall–Kier alpha value is -3.10. The van der Waals surface area contributed by atoms with E-state index in [-0.39, 0.29) is 37.4 Å². The van der Waals surface area contributed by atoms with E-state index >= 15 is 0 Å². The molecule has 1 aromatic rings. The number of esters is 1. The van der Waals surface area contributed by atoms with E-state index in [4.69, 9.17) is 9.47 Å². The maximum absolute atomic E-state index is 14.5. The number of nitrogens with zero attached hydrogens (tertiary/aromatic N) is 1. The molecule has 0 aromatic heterocycles. The fraction of sp³-hybridized carbons (Fsp3) is 0.697. The second kappa shape index (κ2) is 17.8. The van der Waals surface area contributed by atoms with Gasteiger partial charge in [0.1, 0.15) is 17.7 Å². The van der Waals surface area contributed by atoms with Gasteiger partial charge in [-0.1, -0.05) is 58.9 Å². The zero-order valence-corrected chi connectivity index (χ0v) is 27.5. The van der Waals surface area contributed by atoms with Gasteiger partial charge in [0, 0.05) is 12.6 Å². The number of hydrogen-bond acceptors (Lipinski definition) is 6. The van der Waals surface area contributed by atoms with Crippen molar-refractivity contribution in [2.24, 2.45) is 11.8 Å². The van der Waals surface area contributed by atoms with Crippen molar-refractivity contribution < 1.29 is 28.7 Å². The van der Waals surface area contributed by atoms with Crippen LogP contribution in [0.25, 0.3) is 0 Å². The van der Waals surface area contributed by atoms with E-state index in [0.717, 1.165) is 18.4 Å². The van der Waals surface area contributed by atoms with Gasteiger partial charge < -0.3 is 25.0 Å². The van der Waals surface area contributed by atoms with Gasteiger partial charge >= 0.3 is 12.1 Å². The Labute approximate surface area is 253 Å². The number of alkyl carbamates (subject to hydrolysis) is 1. The van der Waals surface area contributed by atoms with Crippen LogP contribution >= 0.6 is 0 Å². The summed E-state index contributed by atoms with van der Waals surface area (Å²) in [6, 6.07) is 5.49. The van der Waals surface area contributed by atoms with Gasteiger partial charge in [-0.05, 0) is 83.3 Å². The van der Waals surface area contributed by atoms with Crippen molar-refractivity contribution in [1.82, 2.24) is 15.5 Å². The summed E-state index contributed by atoms with van der Waals surface area (Å²) in [5, 5.41) is 5.66. The van der Waals surface area contributed by atoms with Crippen LogP contribution in [0.15, 0.2) is 24.3 Å². The van der Waals surface area contributed by atoms with E-state index in [1.807, 2.05) is 45.0 Å². The fourth-order valence-electron chi connectivity index (χ4n) is 4.63. The van der Waals surface area contributed by atoms with E-state index < -0.39 is 35.7 Å². The highest BCUT2D eigenvalue weighted by molar-refractivity contribution is 5.92. The number of nitrogens with one attached hydrogen (secondary N) is 2. The van der Waals surface area contributed by atoms with Crippen molar-refractivity contribution in [3.05, 3.63) is 35.4 Å². The first-order valence-corrected chi connectivity index (χ1v) is 15.4. The molecule has 0 bridgehead atoms. The van der Waals surface area contributed by atoms with Gasteiger partial charge in [0.15, 0.2) is 0 Å². The molecule has 3 amide bonds. The summed E-state index contributed by atoms with van der Waals surface area (Å²) in [6.07, 6.45) is 2.07. The Balaban J connectivity index is 3.59. The number of rotatable bonds is 16. The highest BCUT2D eigenvalue weighted by atomic mass is 16.6. The molecule has 1 rings (SSSR count). The van der Waals surface area contributed by atoms with E-state index in [1.165, 1.54) is 0 Å². The van der Waals surface area contributed by atoms with Crippen molar-refractivity contribution in [1.29, 1.82) is 0 Å². The van der Waals surface area contributed by atoms with Crippen LogP contribution < -0.4 is 10.6 Å². The molecule has 42 heavy (non-hydrogen) atoms. The van der Waals surface area contributed by atoms with Crippen LogP contribution in [0, 0.1) is 11.8 Å². The molecule has 0 spiro atoms. The number of aryl methyl sites for hydroxylation is 1. The summed E-state index contributed by atoms with van der Waals surface area (Å²) in [5.41, 5.74) is 1.03. The smallest absolute Gasteiger partial charge is 0.408 e. The topological polar surface area (TPSA) is 114 Å². The van der Waals surface area contributed by atoms with Crippen LogP contribution in [0.5, 0.6) is 0 Å². The molecule has 0 heterocycles. The lowest BCUT2D eigenvalue weighted by Gasteiger charge is -2.39. The lowest BCUT2D eigenvalue weighted by molar-refractivity contribution is -0.146. The minimum atomic E-state index is -0.970. The molecule has 3 atom stereocenters. The first-order chi connectivity index (χ1) is 19.6. The molecule has 2 N–H and O–H groups in total. The average molecular weight is 590 g/mol. The number of amides is 3. The highest BCUT2D eigenvalue weighted by Crippen LogP contribution is 2.29. The Bertz CT molecular complexity index is 1000. The predicted molar refractivity (Wildman–Crippen MR) is 166 cm³/mol. The minimum absolute atomic E-state index is 0.0219. The zero-order valence-electron chi connectivity index (χ0n) is 27.5. The first-order valence-electron chi connectivity index (χ1n) is 15.4. The van der Waals surface area contributed by atoms with Gasteiger partial charge in [-0.3, -0.25) is 14.4 Å². The van der Waals surface area contributed by atoms with Crippen LogP contribution in [-0.2, 0) is 30.3 Å². The zero-order chi connectivity index (χ0) is 32.0. The number of carbonyl (C=O) groups excluding carboxylic acids is 4.